The monoisotopic (exact) mass is 312 g/mol. The Morgan fingerprint density at radius 3 is 1.86 bits per heavy atom. The van der Waals surface area contributed by atoms with E-state index in [4.69, 9.17) is 14.8 Å². The Hall–Kier alpha value is -2.45. The summed E-state index contributed by atoms with van der Waals surface area (Å²) in [6.07, 6.45) is -0.806. The number of benzene rings is 2. The minimum Gasteiger partial charge on any atom is -0.481 e. The predicted octanol–water partition coefficient (Wildman–Crippen LogP) is 1.63. The van der Waals surface area contributed by atoms with Gasteiger partial charge in [0.05, 0.1) is 4.90 Å². The van der Waals surface area contributed by atoms with Gasteiger partial charge in [-0.2, -0.15) is 8.42 Å². The molecule has 21 heavy (non-hydrogen) atoms. The van der Waals surface area contributed by atoms with E-state index in [-0.39, 0.29) is 4.90 Å². The smallest absolute Gasteiger partial charge is 0.314 e. The zero-order valence-corrected chi connectivity index (χ0v) is 11.4. The molecule has 7 nitrogen and oxygen atoms in total. The molecule has 0 atom stereocenters. The van der Waals surface area contributed by atoms with Gasteiger partial charge < -0.3 is 10.2 Å². The number of hydrogen-bond donors (Lipinski definition) is 3. The van der Waals surface area contributed by atoms with E-state index in [1.807, 2.05) is 18.2 Å². The third kappa shape index (κ3) is 5.59. The van der Waals surface area contributed by atoms with Crippen molar-refractivity contribution in [3.63, 3.8) is 0 Å². The largest absolute Gasteiger partial charge is 0.481 e. The summed E-state index contributed by atoms with van der Waals surface area (Å²) in [6, 6.07) is 11.9. The van der Waals surface area contributed by atoms with Gasteiger partial charge in [0.1, 0.15) is 6.42 Å². The van der Waals surface area contributed by atoms with Gasteiger partial charge >= 0.3 is 11.9 Å². The first-order chi connectivity index (χ1) is 9.70. The molecule has 0 heterocycles. The molecule has 2 aromatic carbocycles. The van der Waals surface area contributed by atoms with Crippen LogP contribution in [0.4, 0.5) is 0 Å². The summed E-state index contributed by atoms with van der Waals surface area (Å²) in [5, 5.41) is 17.1. The summed E-state index contributed by atoms with van der Waals surface area (Å²) in [7, 11) is -4.09. The van der Waals surface area contributed by atoms with Gasteiger partial charge in [-0.25, -0.2) is 0 Å². The molecule has 0 aliphatic heterocycles. The van der Waals surface area contributed by atoms with Gasteiger partial charge in [-0.3, -0.25) is 14.1 Å². The highest BCUT2D eigenvalue weighted by atomic mass is 32.2. The van der Waals surface area contributed by atoms with Crippen molar-refractivity contribution >= 4 is 32.8 Å². The number of rotatable bonds is 3. The average Bonchev–Trinajstić information content (AvgIpc) is 2.36. The van der Waals surface area contributed by atoms with E-state index >= 15 is 0 Å². The highest BCUT2D eigenvalue weighted by molar-refractivity contribution is 7.85. The molecule has 0 aromatic heterocycles. The van der Waals surface area contributed by atoms with Crippen molar-refractivity contribution in [1.82, 2.24) is 0 Å². The maximum absolute atomic E-state index is 10.8. The summed E-state index contributed by atoms with van der Waals surface area (Å²) in [4.78, 5) is 18.8. The van der Waals surface area contributed by atoms with E-state index < -0.39 is 28.5 Å². The third-order valence-corrected chi connectivity index (χ3v) is 3.17. The third-order valence-electron chi connectivity index (χ3n) is 2.32. The molecule has 0 spiro atoms. The molecular formula is C13H12O7S. The first-order valence-corrected chi connectivity index (χ1v) is 7.04. The van der Waals surface area contributed by atoms with Crippen molar-refractivity contribution in [2.75, 3.05) is 0 Å². The van der Waals surface area contributed by atoms with E-state index in [2.05, 4.69) is 0 Å². The van der Waals surface area contributed by atoms with Gasteiger partial charge in [0.25, 0.3) is 10.1 Å². The van der Waals surface area contributed by atoms with Crippen LogP contribution >= 0.6 is 0 Å². The lowest BCUT2D eigenvalue weighted by molar-refractivity contribution is -0.147. The lowest BCUT2D eigenvalue weighted by Gasteiger charge is -1.99. The predicted molar refractivity (Wildman–Crippen MR) is 73.7 cm³/mol. The van der Waals surface area contributed by atoms with E-state index in [0.29, 0.717) is 0 Å². The molecule has 0 aliphatic carbocycles. The molecule has 8 heteroatoms. The summed E-state index contributed by atoms with van der Waals surface area (Å²) in [5.74, 6) is -2.62. The van der Waals surface area contributed by atoms with Crippen LogP contribution in [0.15, 0.2) is 47.4 Å². The zero-order chi connectivity index (χ0) is 16.0. The highest BCUT2D eigenvalue weighted by Gasteiger charge is 2.08. The Morgan fingerprint density at radius 2 is 1.43 bits per heavy atom. The van der Waals surface area contributed by atoms with Crippen LogP contribution in [-0.2, 0) is 19.7 Å². The summed E-state index contributed by atoms with van der Waals surface area (Å²) in [6.45, 7) is 0. The molecule has 3 N–H and O–H groups in total. The minimum atomic E-state index is -4.09. The first-order valence-electron chi connectivity index (χ1n) is 5.60. The van der Waals surface area contributed by atoms with Crippen LogP contribution in [0.5, 0.6) is 0 Å². The van der Waals surface area contributed by atoms with Gasteiger partial charge in [0, 0.05) is 0 Å². The molecule has 0 bridgehead atoms. The number of aliphatic carboxylic acids is 2. The fraction of sp³-hybridized carbons (Fsp3) is 0.0769. The Morgan fingerprint density at radius 1 is 0.905 bits per heavy atom. The second-order valence-electron chi connectivity index (χ2n) is 3.95. The van der Waals surface area contributed by atoms with Crippen molar-refractivity contribution in [3.05, 3.63) is 42.5 Å². The topological polar surface area (TPSA) is 129 Å². The lowest BCUT2D eigenvalue weighted by atomic mass is 10.1. The zero-order valence-electron chi connectivity index (χ0n) is 10.6. The van der Waals surface area contributed by atoms with Crippen molar-refractivity contribution in [2.45, 2.75) is 11.3 Å². The SMILES string of the molecule is O=C(O)CC(=O)O.O=S(=O)(O)c1ccc2ccccc2c1. The van der Waals surface area contributed by atoms with Crippen molar-refractivity contribution < 1.29 is 32.8 Å². The van der Waals surface area contributed by atoms with Gasteiger partial charge in [0.15, 0.2) is 0 Å². The lowest BCUT2D eigenvalue weighted by Crippen LogP contribution is -2.03. The van der Waals surface area contributed by atoms with E-state index in [1.165, 1.54) is 12.1 Å². The van der Waals surface area contributed by atoms with Crippen LogP contribution in [0.3, 0.4) is 0 Å². The van der Waals surface area contributed by atoms with Crippen LogP contribution in [0, 0.1) is 0 Å². The first kappa shape index (κ1) is 16.6. The number of carboxylic acid groups (broad SMARTS) is 2. The Balaban J connectivity index is 0.000000270. The average molecular weight is 312 g/mol. The molecule has 0 radical (unpaired) electrons. The number of hydrogen-bond acceptors (Lipinski definition) is 4. The van der Waals surface area contributed by atoms with Crippen molar-refractivity contribution in [2.24, 2.45) is 0 Å². The molecular weight excluding hydrogens is 300 g/mol. The van der Waals surface area contributed by atoms with Crippen LogP contribution < -0.4 is 0 Å². The quantitative estimate of drug-likeness (QED) is 0.580. The number of carbonyl (C=O) groups is 2. The Labute approximate surface area is 120 Å². The number of fused-ring (bicyclic) bond motifs is 1. The van der Waals surface area contributed by atoms with Crippen LogP contribution in [0.2, 0.25) is 0 Å². The molecule has 0 unspecified atom stereocenters. The molecule has 0 amide bonds. The second-order valence-corrected chi connectivity index (χ2v) is 5.37. The highest BCUT2D eigenvalue weighted by Crippen LogP contribution is 2.18. The molecule has 0 fully saturated rings. The van der Waals surface area contributed by atoms with E-state index in [9.17, 15) is 18.0 Å². The fourth-order valence-electron chi connectivity index (χ4n) is 1.46. The van der Waals surface area contributed by atoms with Crippen LogP contribution in [-0.4, -0.2) is 35.1 Å². The number of carboxylic acids is 2. The standard InChI is InChI=1S/C10H8O3S.C3H4O4/c11-14(12,13)10-6-5-8-3-1-2-4-9(8)7-10;4-2(5)1-3(6)7/h1-7H,(H,11,12,13);1H2,(H,4,5)(H,6,7). The molecule has 112 valence electrons. The minimum absolute atomic E-state index is 0.0730. The van der Waals surface area contributed by atoms with Gasteiger partial charge in [-0.05, 0) is 22.9 Å². The van der Waals surface area contributed by atoms with E-state index in [1.54, 1.807) is 12.1 Å². The summed E-state index contributed by atoms with van der Waals surface area (Å²) < 4.78 is 30.5. The summed E-state index contributed by atoms with van der Waals surface area (Å²) in [5.41, 5.74) is 0. The Kier molecular flexibility index (Phi) is 5.39. The molecule has 2 aromatic rings. The van der Waals surface area contributed by atoms with Gasteiger partial charge in [-0.1, -0.05) is 30.3 Å². The van der Waals surface area contributed by atoms with Gasteiger partial charge in [0.2, 0.25) is 0 Å². The fourth-order valence-corrected chi connectivity index (χ4v) is 1.97. The van der Waals surface area contributed by atoms with Gasteiger partial charge in [-0.15, -0.1) is 0 Å². The Bertz CT molecular complexity index is 753. The molecule has 0 saturated heterocycles. The maximum Gasteiger partial charge on any atom is 0.314 e. The molecule has 0 aliphatic rings. The second kappa shape index (κ2) is 6.82. The summed E-state index contributed by atoms with van der Waals surface area (Å²) >= 11 is 0. The molecule has 0 saturated carbocycles. The molecule has 2 rings (SSSR count). The normalized spacial score (nSPS) is 10.5. The van der Waals surface area contributed by atoms with Crippen LogP contribution in [0.1, 0.15) is 6.42 Å². The van der Waals surface area contributed by atoms with Crippen molar-refractivity contribution in [3.8, 4) is 0 Å². The van der Waals surface area contributed by atoms with Crippen molar-refractivity contribution in [1.29, 1.82) is 0 Å². The maximum atomic E-state index is 10.8. The van der Waals surface area contributed by atoms with Crippen LogP contribution in [0.25, 0.3) is 10.8 Å². The van der Waals surface area contributed by atoms with E-state index in [0.717, 1.165) is 10.8 Å².